The van der Waals surface area contributed by atoms with Gasteiger partial charge in [0.25, 0.3) is 0 Å². The Kier molecular flexibility index (Phi) is 7.07. The van der Waals surface area contributed by atoms with Crippen molar-refractivity contribution in [2.75, 3.05) is 13.2 Å². The average Bonchev–Trinajstić information content (AvgIpc) is 2.53. The van der Waals surface area contributed by atoms with Gasteiger partial charge >= 0.3 is 5.97 Å². The number of halogens is 3. The number of carbonyl (C=O) groups excluding carboxylic acids is 1. The first-order valence-electron chi connectivity index (χ1n) is 7.09. The Hall–Kier alpha value is -1.11. The minimum atomic E-state index is -0.415. The summed E-state index contributed by atoms with van der Waals surface area (Å²) >= 11 is 10.5. The molecule has 0 amide bonds. The highest BCUT2D eigenvalue weighted by Crippen LogP contribution is 2.39. The summed E-state index contributed by atoms with van der Waals surface area (Å²) < 4.78 is 13.7. The predicted molar refractivity (Wildman–Crippen MR) is 106 cm³/mol. The summed E-state index contributed by atoms with van der Waals surface area (Å²) in [5.74, 6) is 0.286. The predicted octanol–water partition coefficient (Wildman–Crippen LogP) is 6.14. The van der Waals surface area contributed by atoms with Gasteiger partial charge in [0, 0.05) is 20.1 Å². The maximum Gasteiger partial charge on any atom is 0.333 e. The fourth-order valence-corrected chi connectivity index (χ4v) is 3.56. The van der Waals surface area contributed by atoms with E-state index in [0.717, 1.165) is 24.5 Å². The van der Waals surface area contributed by atoms with E-state index in [2.05, 4.69) is 54.4 Å². The number of ether oxygens (including phenoxy) is 2. The second kappa shape index (κ2) is 8.83. The summed E-state index contributed by atoms with van der Waals surface area (Å²) in [6.45, 7) is 5.57. The van der Waals surface area contributed by atoms with Crippen LogP contribution in [0.4, 0.5) is 0 Å². The smallest absolute Gasteiger partial charge is 0.333 e. The molecule has 0 aliphatic carbocycles. The third-order valence-corrected chi connectivity index (χ3v) is 4.65. The van der Waals surface area contributed by atoms with Crippen molar-refractivity contribution in [3.63, 3.8) is 0 Å². The van der Waals surface area contributed by atoms with Gasteiger partial charge in [0.15, 0.2) is 0 Å². The highest BCUT2D eigenvalue weighted by molar-refractivity contribution is 9.11. The average molecular weight is 519 g/mol. The number of rotatable bonds is 6. The second-order valence-electron chi connectivity index (χ2n) is 5.04. The molecule has 0 aliphatic rings. The summed E-state index contributed by atoms with van der Waals surface area (Å²) in [4.78, 5) is 11.4. The van der Waals surface area contributed by atoms with Gasteiger partial charge in [-0.1, -0.05) is 50.6 Å². The zero-order valence-electron chi connectivity index (χ0n) is 12.9. The Bertz CT molecular complexity index is 755. The SMILES string of the molecule is C=C(C)C(=O)OCCOc1c(Br)cc(Br)cc1-c1ccc(Br)cc1. The van der Waals surface area contributed by atoms with E-state index in [9.17, 15) is 4.79 Å². The van der Waals surface area contributed by atoms with Crippen LogP contribution in [0.1, 0.15) is 6.92 Å². The molecule has 0 aliphatic heterocycles. The van der Waals surface area contributed by atoms with Crippen LogP contribution in [0.2, 0.25) is 0 Å². The molecule has 0 radical (unpaired) electrons. The summed E-state index contributed by atoms with van der Waals surface area (Å²) in [6.07, 6.45) is 0. The van der Waals surface area contributed by atoms with Crippen molar-refractivity contribution in [2.24, 2.45) is 0 Å². The largest absolute Gasteiger partial charge is 0.488 e. The minimum absolute atomic E-state index is 0.161. The molecule has 0 N–H and O–H groups in total. The van der Waals surface area contributed by atoms with E-state index < -0.39 is 5.97 Å². The maximum atomic E-state index is 11.4. The highest BCUT2D eigenvalue weighted by atomic mass is 79.9. The lowest BCUT2D eigenvalue weighted by Gasteiger charge is -2.15. The minimum Gasteiger partial charge on any atom is -0.488 e. The highest BCUT2D eigenvalue weighted by Gasteiger charge is 2.13. The van der Waals surface area contributed by atoms with Crippen LogP contribution in [-0.4, -0.2) is 19.2 Å². The van der Waals surface area contributed by atoms with Crippen LogP contribution in [0.25, 0.3) is 11.1 Å². The molecule has 0 atom stereocenters. The summed E-state index contributed by atoms with van der Waals surface area (Å²) in [5.41, 5.74) is 2.33. The first kappa shape index (κ1) is 19.2. The molecule has 0 saturated heterocycles. The van der Waals surface area contributed by atoms with Crippen molar-refractivity contribution in [1.82, 2.24) is 0 Å². The molecule has 0 saturated carbocycles. The normalized spacial score (nSPS) is 10.3. The number of esters is 1. The molecule has 2 rings (SSSR count). The van der Waals surface area contributed by atoms with Gasteiger partial charge in [-0.15, -0.1) is 0 Å². The van der Waals surface area contributed by atoms with Crippen molar-refractivity contribution >= 4 is 53.8 Å². The Labute approximate surface area is 166 Å². The fraction of sp³-hybridized carbons (Fsp3) is 0.167. The van der Waals surface area contributed by atoms with Gasteiger partial charge in [0.1, 0.15) is 19.0 Å². The van der Waals surface area contributed by atoms with E-state index in [-0.39, 0.29) is 13.2 Å². The fourth-order valence-electron chi connectivity index (χ4n) is 1.95. The van der Waals surface area contributed by atoms with E-state index >= 15 is 0 Å². The molecular formula is C18H15Br3O3. The van der Waals surface area contributed by atoms with Crippen LogP contribution in [0.3, 0.4) is 0 Å². The molecule has 0 aromatic heterocycles. The van der Waals surface area contributed by atoms with E-state index in [1.54, 1.807) is 6.92 Å². The molecule has 24 heavy (non-hydrogen) atoms. The molecule has 6 heteroatoms. The van der Waals surface area contributed by atoms with Crippen molar-refractivity contribution in [1.29, 1.82) is 0 Å². The Morgan fingerprint density at radius 3 is 2.33 bits per heavy atom. The molecular weight excluding hydrogens is 504 g/mol. The van der Waals surface area contributed by atoms with Gasteiger partial charge in [-0.2, -0.15) is 0 Å². The third kappa shape index (κ3) is 5.19. The second-order valence-corrected chi connectivity index (χ2v) is 7.72. The van der Waals surface area contributed by atoms with E-state index in [4.69, 9.17) is 9.47 Å². The standard InChI is InChI=1S/C18H15Br3O3/c1-11(2)18(22)24-8-7-23-17-15(9-14(20)10-16(17)21)12-3-5-13(19)6-4-12/h3-6,9-10H,1,7-8H2,2H3. The summed E-state index contributed by atoms with van der Waals surface area (Å²) in [6, 6.07) is 11.9. The van der Waals surface area contributed by atoms with E-state index in [0.29, 0.717) is 11.3 Å². The van der Waals surface area contributed by atoms with Crippen molar-refractivity contribution in [3.8, 4) is 16.9 Å². The molecule has 0 heterocycles. The number of hydrogen-bond donors (Lipinski definition) is 0. The van der Waals surface area contributed by atoms with Crippen LogP contribution >= 0.6 is 47.8 Å². The molecule has 2 aromatic carbocycles. The quantitative estimate of drug-likeness (QED) is 0.262. The molecule has 0 spiro atoms. The Morgan fingerprint density at radius 1 is 1.04 bits per heavy atom. The Balaban J connectivity index is 2.18. The number of carbonyl (C=O) groups is 1. The maximum absolute atomic E-state index is 11.4. The molecule has 2 aromatic rings. The molecule has 0 fully saturated rings. The monoisotopic (exact) mass is 516 g/mol. The van der Waals surface area contributed by atoms with E-state index in [1.165, 1.54) is 0 Å². The Morgan fingerprint density at radius 2 is 1.71 bits per heavy atom. The molecule has 0 unspecified atom stereocenters. The summed E-state index contributed by atoms with van der Waals surface area (Å²) in [7, 11) is 0. The van der Waals surface area contributed by atoms with Gasteiger partial charge in [0.2, 0.25) is 0 Å². The zero-order valence-corrected chi connectivity index (χ0v) is 17.7. The molecule has 3 nitrogen and oxygen atoms in total. The number of hydrogen-bond acceptors (Lipinski definition) is 3. The zero-order chi connectivity index (χ0) is 17.7. The van der Waals surface area contributed by atoms with Gasteiger partial charge < -0.3 is 9.47 Å². The topological polar surface area (TPSA) is 35.5 Å². The van der Waals surface area contributed by atoms with Gasteiger partial charge in [0.05, 0.1) is 4.47 Å². The lowest BCUT2D eigenvalue weighted by molar-refractivity contribution is -0.139. The van der Waals surface area contributed by atoms with Crippen LogP contribution < -0.4 is 4.74 Å². The van der Waals surface area contributed by atoms with Crippen molar-refractivity contribution < 1.29 is 14.3 Å². The third-order valence-electron chi connectivity index (χ3n) is 3.07. The van der Waals surface area contributed by atoms with Gasteiger partial charge in [-0.3, -0.25) is 0 Å². The lowest BCUT2D eigenvalue weighted by atomic mass is 10.0. The molecule has 126 valence electrons. The van der Waals surface area contributed by atoms with Crippen LogP contribution in [0.15, 0.2) is 62.0 Å². The van der Waals surface area contributed by atoms with Gasteiger partial charge in [-0.25, -0.2) is 4.79 Å². The van der Waals surface area contributed by atoms with E-state index in [1.807, 2.05) is 36.4 Å². The number of benzene rings is 2. The van der Waals surface area contributed by atoms with Crippen LogP contribution in [0.5, 0.6) is 5.75 Å². The van der Waals surface area contributed by atoms with Crippen LogP contribution in [-0.2, 0) is 9.53 Å². The van der Waals surface area contributed by atoms with Crippen molar-refractivity contribution in [2.45, 2.75) is 6.92 Å². The van der Waals surface area contributed by atoms with Gasteiger partial charge in [-0.05, 0) is 52.7 Å². The lowest BCUT2D eigenvalue weighted by Crippen LogP contribution is -2.12. The van der Waals surface area contributed by atoms with Crippen LogP contribution in [0, 0.1) is 0 Å². The molecule has 0 bridgehead atoms. The first-order chi connectivity index (χ1) is 11.4. The summed E-state index contributed by atoms with van der Waals surface area (Å²) in [5, 5.41) is 0. The first-order valence-corrected chi connectivity index (χ1v) is 9.47. The van der Waals surface area contributed by atoms with Crippen molar-refractivity contribution in [3.05, 3.63) is 62.0 Å².